The minimum absolute atomic E-state index is 0.152. The summed E-state index contributed by atoms with van der Waals surface area (Å²) in [5.74, 6) is -1.33. The van der Waals surface area contributed by atoms with Crippen LogP contribution in [0.1, 0.15) is 16.6 Å². The molecule has 4 rings (SSSR count). The van der Waals surface area contributed by atoms with E-state index >= 15 is 0 Å². The van der Waals surface area contributed by atoms with Crippen LogP contribution in [-0.4, -0.2) is 40.4 Å². The monoisotopic (exact) mass is 538 g/mol. The number of nitrogens with one attached hydrogen (secondary N) is 1. The van der Waals surface area contributed by atoms with Crippen LogP contribution in [0.2, 0.25) is 5.15 Å². The summed E-state index contributed by atoms with van der Waals surface area (Å²) in [6, 6.07) is 5.66. The molecule has 1 unspecified atom stereocenters. The summed E-state index contributed by atoms with van der Waals surface area (Å²) >= 11 is 7.26. The van der Waals surface area contributed by atoms with Crippen molar-refractivity contribution in [2.45, 2.75) is 5.92 Å². The van der Waals surface area contributed by atoms with E-state index in [1.165, 1.54) is 48.2 Å². The molecule has 3 heterocycles. The lowest BCUT2D eigenvalue weighted by Crippen LogP contribution is -2.37. The predicted octanol–water partition coefficient (Wildman–Crippen LogP) is 3.15. The first-order chi connectivity index (χ1) is 16.4. The van der Waals surface area contributed by atoms with Crippen molar-refractivity contribution in [3.05, 3.63) is 84.3 Å². The fourth-order valence-corrected chi connectivity index (χ4v) is 5.36. The number of rotatable bonds is 7. The summed E-state index contributed by atoms with van der Waals surface area (Å²) < 4.78 is 44.5. The Morgan fingerprint density at radius 3 is 2.63 bits per heavy atom. The molecule has 3 aromatic heterocycles. The molecule has 0 saturated carbocycles. The van der Waals surface area contributed by atoms with Gasteiger partial charge in [0.1, 0.15) is 16.0 Å². The molecule has 0 spiro atoms. The number of fused-ring (bicyclic) bond motifs is 1. The third-order valence-electron chi connectivity index (χ3n) is 5.44. The minimum atomic E-state index is -3.79. The molecule has 0 aliphatic carbocycles. The molecule has 1 aromatic carbocycles. The van der Waals surface area contributed by atoms with E-state index in [4.69, 9.17) is 15.8 Å². The second-order valence-electron chi connectivity index (χ2n) is 7.92. The van der Waals surface area contributed by atoms with Gasteiger partial charge >= 0.3 is 5.69 Å². The van der Waals surface area contributed by atoms with Crippen LogP contribution in [-0.2, 0) is 28.4 Å². The molecule has 0 aliphatic rings. The van der Waals surface area contributed by atoms with Gasteiger partial charge in [0.05, 0.1) is 41.1 Å². The van der Waals surface area contributed by atoms with Crippen molar-refractivity contribution < 1.29 is 17.0 Å². The van der Waals surface area contributed by atoms with Crippen LogP contribution in [0.5, 0.6) is 0 Å². The van der Waals surface area contributed by atoms with Gasteiger partial charge in [-0.2, -0.15) is 8.42 Å². The van der Waals surface area contributed by atoms with E-state index in [0.29, 0.717) is 16.3 Å². The highest BCUT2D eigenvalue weighted by Crippen LogP contribution is 2.39. The number of hydrogen-bond acceptors (Lipinski definition) is 7. The van der Waals surface area contributed by atoms with Gasteiger partial charge in [-0.05, 0) is 17.7 Å². The third kappa shape index (κ3) is 4.74. The van der Waals surface area contributed by atoms with Crippen molar-refractivity contribution >= 4 is 44.0 Å². The Hall–Kier alpha value is -3.06. The average molecular weight is 539 g/mol. The molecule has 0 radical (unpaired) electrons. The smallest absolute Gasteiger partial charge is 0.331 e. The first-order valence-electron chi connectivity index (χ1n) is 10.1. The van der Waals surface area contributed by atoms with Crippen molar-refractivity contribution in [2.75, 3.05) is 12.9 Å². The maximum absolute atomic E-state index is 14.1. The number of thiazole rings is 1. The maximum atomic E-state index is 14.1. The fraction of sp³-hybridized carbons (Fsp3) is 0.227. The number of H-pyrrole nitrogens is 1. The zero-order chi connectivity index (χ0) is 25.7. The molecule has 0 bridgehead atoms. The molecule has 0 amide bonds. The van der Waals surface area contributed by atoms with Gasteiger partial charge in [-0.25, -0.2) is 14.2 Å². The zero-order valence-corrected chi connectivity index (χ0v) is 21.2. The van der Waals surface area contributed by atoms with Crippen LogP contribution in [0.25, 0.3) is 22.2 Å². The van der Waals surface area contributed by atoms with Gasteiger partial charge in [-0.1, -0.05) is 30.3 Å². The molecule has 35 heavy (non-hydrogen) atoms. The Morgan fingerprint density at radius 1 is 1.31 bits per heavy atom. The zero-order valence-electron chi connectivity index (χ0n) is 18.8. The first-order valence-corrected chi connectivity index (χ1v) is 13.2. The highest BCUT2D eigenvalue weighted by molar-refractivity contribution is 7.86. The highest BCUT2D eigenvalue weighted by atomic mass is 35.5. The summed E-state index contributed by atoms with van der Waals surface area (Å²) in [6.07, 6.45) is 0.912. The van der Waals surface area contributed by atoms with E-state index in [-0.39, 0.29) is 33.9 Å². The van der Waals surface area contributed by atoms with E-state index in [0.717, 1.165) is 10.8 Å². The molecule has 4 aromatic rings. The molecule has 1 atom stereocenters. The molecule has 0 aliphatic heterocycles. The number of aromatic amines is 1. The number of benzene rings is 1. The quantitative estimate of drug-likeness (QED) is 0.285. The lowest BCUT2D eigenvalue weighted by Gasteiger charge is -2.18. The normalized spacial score (nSPS) is 12.8. The Morgan fingerprint density at radius 2 is 2.03 bits per heavy atom. The van der Waals surface area contributed by atoms with E-state index in [9.17, 15) is 22.4 Å². The number of aromatic nitrogens is 4. The Bertz CT molecular complexity index is 1700. The summed E-state index contributed by atoms with van der Waals surface area (Å²) in [6.45, 7) is 3.62. The second-order valence-corrected chi connectivity index (χ2v) is 10.8. The summed E-state index contributed by atoms with van der Waals surface area (Å²) in [5, 5.41) is 2.38. The summed E-state index contributed by atoms with van der Waals surface area (Å²) in [4.78, 5) is 33.6. The largest absolute Gasteiger partial charge is 0.355 e. The molecule has 0 fully saturated rings. The van der Waals surface area contributed by atoms with Crippen molar-refractivity contribution in [2.24, 2.45) is 14.1 Å². The van der Waals surface area contributed by atoms with Crippen molar-refractivity contribution in [1.82, 2.24) is 19.1 Å². The van der Waals surface area contributed by atoms with E-state index in [1.54, 1.807) is 11.4 Å². The van der Waals surface area contributed by atoms with Gasteiger partial charge in [0, 0.05) is 25.0 Å². The van der Waals surface area contributed by atoms with Crippen molar-refractivity contribution in [3.8, 4) is 11.3 Å². The van der Waals surface area contributed by atoms with E-state index in [2.05, 4.69) is 16.5 Å². The molecule has 1 N–H and O–H groups in total. The van der Waals surface area contributed by atoms with E-state index in [1.807, 2.05) is 0 Å². The second kappa shape index (κ2) is 9.19. The standard InChI is InChI=1S/C22H20ClFN4O5S2/c1-11(9-33-35(4,31)32)15(20-25-14(23)10-34-20)18-19-16(21(29)28(3)22(30)27(19)2)17(26-18)12-6-5-7-13(24)8-12/h5-8,10,15,26H,1,9H2,2-4H3. The Balaban J connectivity index is 2.08. The van der Waals surface area contributed by atoms with Crippen LogP contribution < -0.4 is 11.2 Å². The summed E-state index contributed by atoms with van der Waals surface area (Å²) in [7, 11) is -0.940. The Labute approximate surface area is 208 Å². The van der Waals surface area contributed by atoms with Gasteiger partial charge < -0.3 is 4.98 Å². The third-order valence-corrected chi connectivity index (χ3v) is 7.22. The topological polar surface area (TPSA) is 116 Å². The van der Waals surface area contributed by atoms with Gasteiger partial charge in [0.25, 0.3) is 15.7 Å². The summed E-state index contributed by atoms with van der Waals surface area (Å²) in [5.41, 5.74) is 0.365. The van der Waals surface area contributed by atoms with Crippen LogP contribution >= 0.6 is 22.9 Å². The molecule has 13 heteroatoms. The van der Waals surface area contributed by atoms with Crippen molar-refractivity contribution in [3.63, 3.8) is 0 Å². The van der Waals surface area contributed by atoms with Gasteiger partial charge in [0.2, 0.25) is 0 Å². The molecular weight excluding hydrogens is 519 g/mol. The Kier molecular flexibility index (Phi) is 6.58. The number of aryl methyl sites for hydroxylation is 1. The van der Waals surface area contributed by atoms with Crippen LogP contribution in [0, 0.1) is 5.82 Å². The predicted molar refractivity (Wildman–Crippen MR) is 133 cm³/mol. The van der Waals surface area contributed by atoms with Crippen LogP contribution in [0.15, 0.2) is 51.4 Å². The van der Waals surface area contributed by atoms with Gasteiger partial charge in [0.15, 0.2) is 0 Å². The van der Waals surface area contributed by atoms with Gasteiger partial charge in [-0.3, -0.25) is 18.1 Å². The first kappa shape index (κ1) is 25.0. The van der Waals surface area contributed by atoms with Crippen molar-refractivity contribution in [1.29, 1.82) is 0 Å². The maximum Gasteiger partial charge on any atom is 0.331 e. The lowest BCUT2D eigenvalue weighted by molar-refractivity contribution is 0.347. The van der Waals surface area contributed by atoms with Crippen LogP contribution in [0.3, 0.4) is 0 Å². The molecular formula is C22H20ClFN4O5S2. The van der Waals surface area contributed by atoms with Crippen LogP contribution in [0.4, 0.5) is 4.39 Å². The van der Waals surface area contributed by atoms with E-state index < -0.39 is 33.1 Å². The SMILES string of the molecule is C=C(COS(C)(=O)=O)C(c1nc(Cl)cs1)c1[nH]c(-c2cccc(F)c2)c2c(=O)n(C)c(=O)n(C)c12. The molecule has 9 nitrogen and oxygen atoms in total. The fourth-order valence-electron chi connectivity index (χ4n) is 3.88. The molecule has 0 saturated heterocycles. The highest BCUT2D eigenvalue weighted by Gasteiger charge is 2.30. The minimum Gasteiger partial charge on any atom is -0.355 e. The average Bonchev–Trinajstić information content (AvgIpc) is 3.39. The lowest BCUT2D eigenvalue weighted by atomic mass is 9.97. The van der Waals surface area contributed by atoms with Gasteiger partial charge in [-0.15, -0.1) is 11.3 Å². The number of nitrogens with zero attached hydrogens (tertiary/aromatic N) is 3. The number of hydrogen-bond donors (Lipinski definition) is 1. The molecule has 184 valence electrons. The number of halogens is 2.